The highest BCUT2D eigenvalue weighted by molar-refractivity contribution is 5.59. The number of hydrazine groups is 1. The van der Waals surface area contributed by atoms with Gasteiger partial charge in [0.15, 0.2) is 5.69 Å². The van der Waals surface area contributed by atoms with Gasteiger partial charge in [-0.15, -0.1) is 0 Å². The van der Waals surface area contributed by atoms with Crippen LogP contribution in [0, 0.1) is 5.92 Å². The van der Waals surface area contributed by atoms with Gasteiger partial charge in [0.2, 0.25) is 0 Å². The van der Waals surface area contributed by atoms with E-state index in [1.165, 1.54) is 11.0 Å². The van der Waals surface area contributed by atoms with E-state index in [1.54, 1.807) is 0 Å². The second-order valence-corrected chi connectivity index (χ2v) is 5.68. The molecule has 112 valence electrons. The van der Waals surface area contributed by atoms with Crippen molar-refractivity contribution in [2.75, 3.05) is 24.2 Å². The Hall–Kier alpha value is -1.76. The van der Waals surface area contributed by atoms with E-state index in [4.69, 9.17) is 5.73 Å². The lowest BCUT2D eigenvalue weighted by molar-refractivity contribution is 0.272. The average Bonchev–Trinajstić information content (AvgIpc) is 2.40. The number of hydrogen-bond acceptors (Lipinski definition) is 5. The van der Waals surface area contributed by atoms with Crippen LogP contribution < -0.4 is 22.4 Å². The monoisotopic (exact) mass is 281 g/mol. The zero-order valence-electron chi connectivity index (χ0n) is 12.1. The lowest BCUT2D eigenvalue weighted by Gasteiger charge is -2.28. The summed E-state index contributed by atoms with van der Waals surface area (Å²) in [5.74, 6) is 0.474. The van der Waals surface area contributed by atoms with Gasteiger partial charge in [-0.1, -0.05) is 20.3 Å². The number of H-pyrrole nitrogens is 1. The van der Waals surface area contributed by atoms with Crippen molar-refractivity contribution < 1.29 is 0 Å². The molecule has 4 N–H and O–H groups in total. The Morgan fingerprint density at radius 1 is 1.25 bits per heavy atom. The highest BCUT2D eigenvalue weighted by atomic mass is 16.2. The molecule has 0 aliphatic carbocycles. The Kier molecular flexibility index (Phi) is 4.49. The quantitative estimate of drug-likeness (QED) is 0.750. The normalized spacial score (nSPS) is 16.6. The van der Waals surface area contributed by atoms with Crippen LogP contribution in [0.4, 0.5) is 11.5 Å². The zero-order valence-corrected chi connectivity index (χ0v) is 12.1. The van der Waals surface area contributed by atoms with E-state index in [-0.39, 0.29) is 17.4 Å². The molecule has 0 spiro atoms. The summed E-state index contributed by atoms with van der Waals surface area (Å²) in [7, 11) is 0. The molecule has 0 unspecified atom stereocenters. The highest BCUT2D eigenvalue weighted by Gasteiger charge is 2.17. The molecule has 0 amide bonds. The van der Waals surface area contributed by atoms with Crippen LogP contribution in [-0.4, -0.2) is 27.6 Å². The van der Waals surface area contributed by atoms with Gasteiger partial charge < -0.3 is 11.2 Å². The van der Waals surface area contributed by atoms with Gasteiger partial charge in [-0.2, -0.15) is 0 Å². The molecule has 1 aromatic rings. The van der Waals surface area contributed by atoms with Gasteiger partial charge in [-0.25, -0.2) is 9.80 Å². The maximum absolute atomic E-state index is 11.9. The van der Waals surface area contributed by atoms with Crippen LogP contribution in [0.1, 0.15) is 33.1 Å². The summed E-state index contributed by atoms with van der Waals surface area (Å²) in [6.45, 7) is 6.23. The Balaban J connectivity index is 2.31. The first-order valence-corrected chi connectivity index (χ1v) is 7.13. The lowest BCUT2D eigenvalue weighted by atomic mass is 10.2. The second kappa shape index (κ2) is 6.13. The van der Waals surface area contributed by atoms with E-state index >= 15 is 0 Å². The molecule has 20 heavy (non-hydrogen) atoms. The molecule has 1 fully saturated rings. The number of nitrogens with one attached hydrogen (secondary N) is 2. The Morgan fingerprint density at radius 2 is 1.90 bits per heavy atom. The molecule has 7 heteroatoms. The van der Waals surface area contributed by atoms with Gasteiger partial charge in [0.25, 0.3) is 5.56 Å². The van der Waals surface area contributed by atoms with E-state index in [1.807, 2.05) is 18.9 Å². The molecule has 0 radical (unpaired) electrons. The first-order valence-electron chi connectivity index (χ1n) is 7.13. The van der Waals surface area contributed by atoms with Gasteiger partial charge >= 0.3 is 5.69 Å². The van der Waals surface area contributed by atoms with Crippen LogP contribution in [0.3, 0.4) is 0 Å². The number of nitrogens with two attached hydrogens (primary N) is 1. The second-order valence-electron chi connectivity index (χ2n) is 5.68. The minimum Gasteiger partial charge on any atom is -0.383 e. The van der Waals surface area contributed by atoms with Crippen molar-refractivity contribution in [2.45, 2.75) is 39.7 Å². The summed E-state index contributed by atoms with van der Waals surface area (Å²) in [6.07, 6.45) is 3.39. The fourth-order valence-corrected chi connectivity index (χ4v) is 2.41. The number of aromatic nitrogens is 2. The van der Waals surface area contributed by atoms with Crippen molar-refractivity contribution in [1.82, 2.24) is 14.6 Å². The Bertz CT molecular complexity index is 569. The molecule has 1 saturated heterocycles. The first-order chi connectivity index (χ1) is 9.49. The molecule has 0 atom stereocenters. The lowest BCUT2D eigenvalue weighted by Crippen LogP contribution is -2.41. The number of anilines is 2. The highest BCUT2D eigenvalue weighted by Crippen LogP contribution is 2.15. The molecule has 0 aromatic carbocycles. The number of nitrogen functional groups attached to an aromatic ring is 1. The average molecular weight is 281 g/mol. The van der Waals surface area contributed by atoms with Crippen molar-refractivity contribution in [3.63, 3.8) is 0 Å². The van der Waals surface area contributed by atoms with E-state index in [0.29, 0.717) is 6.54 Å². The predicted octanol–water partition coefficient (Wildman–Crippen LogP) is 0.588. The largest absolute Gasteiger partial charge is 0.383 e. The topological polar surface area (TPSA) is 96.2 Å². The SMILES string of the molecule is CC(C)Cn1c(N)c(NN2CCCCC2)c(=O)[nH]c1=O. The summed E-state index contributed by atoms with van der Waals surface area (Å²) in [5.41, 5.74) is 8.42. The van der Waals surface area contributed by atoms with Gasteiger partial charge in [0.1, 0.15) is 5.82 Å². The van der Waals surface area contributed by atoms with Crippen LogP contribution >= 0.6 is 0 Å². The van der Waals surface area contributed by atoms with Crippen LogP contribution in [-0.2, 0) is 6.54 Å². The summed E-state index contributed by atoms with van der Waals surface area (Å²) in [5, 5.41) is 1.98. The van der Waals surface area contributed by atoms with E-state index in [0.717, 1.165) is 25.9 Å². The Morgan fingerprint density at radius 3 is 2.50 bits per heavy atom. The van der Waals surface area contributed by atoms with Crippen LogP contribution in [0.2, 0.25) is 0 Å². The number of hydrogen-bond donors (Lipinski definition) is 3. The molecule has 7 nitrogen and oxygen atoms in total. The van der Waals surface area contributed by atoms with Gasteiger partial charge in [-0.3, -0.25) is 14.3 Å². The number of piperidine rings is 1. The molecule has 0 bridgehead atoms. The van der Waals surface area contributed by atoms with Crippen molar-refractivity contribution in [2.24, 2.45) is 5.92 Å². The first kappa shape index (κ1) is 14.6. The number of rotatable bonds is 4. The number of nitrogens with zero attached hydrogens (tertiary/aromatic N) is 2. The third-order valence-electron chi connectivity index (χ3n) is 3.41. The fourth-order valence-electron chi connectivity index (χ4n) is 2.41. The molecule has 2 heterocycles. The van der Waals surface area contributed by atoms with E-state index in [9.17, 15) is 9.59 Å². The molecule has 0 saturated carbocycles. The standard InChI is InChI=1S/C13H23N5O2/c1-9(2)8-18-11(14)10(12(19)15-13(18)20)16-17-6-4-3-5-7-17/h9,16H,3-8,14H2,1-2H3,(H,15,19,20). The number of aromatic amines is 1. The predicted molar refractivity (Wildman–Crippen MR) is 79.6 cm³/mol. The van der Waals surface area contributed by atoms with Crippen LogP contribution in [0.25, 0.3) is 0 Å². The minimum atomic E-state index is -0.460. The van der Waals surface area contributed by atoms with Crippen molar-refractivity contribution >= 4 is 11.5 Å². The Labute approximate surface area is 117 Å². The van der Waals surface area contributed by atoms with Gasteiger partial charge in [0.05, 0.1) is 0 Å². The fraction of sp³-hybridized carbons (Fsp3) is 0.692. The van der Waals surface area contributed by atoms with E-state index in [2.05, 4.69) is 10.4 Å². The smallest absolute Gasteiger partial charge is 0.330 e. The maximum atomic E-state index is 11.9. The van der Waals surface area contributed by atoms with E-state index < -0.39 is 11.2 Å². The summed E-state index contributed by atoms with van der Waals surface area (Å²) >= 11 is 0. The molecule has 1 aliphatic heterocycles. The third-order valence-corrected chi connectivity index (χ3v) is 3.41. The summed E-state index contributed by atoms with van der Waals surface area (Å²) in [6, 6.07) is 0. The molecule has 1 aliphatic rings. The zero-order chi connectivity index (χ0) is 14.7. The molecular formula is C13H23N5O2. The third kappa shape index (κ3) is 3.22. The molecular weight excluding hydrogens is 258 g/mol. The molecule has 2 rings (SSSR count). The minimum absolute atomic E-state index is 0.207. The van der Waals surface area contributed by atoms with Gasteiger partial charge in [-0.05, 0) is 18.8 Å². The van der Waals surface area contributed by atoms with Crippen molar-refractivity contribution in [3.05, 3.63) is 20.8 Å². The van der Waals surface area contributed by atoms with Crippen LogP contribution in [0.15, 0.2) is 9.59 Å². The molecule has 1 aromatic heterocycles. The summed E-state index contributed by atoms with van der Waals surface area (Å²) < 4.78 is 1.42. The van der Waals surface area contributed by atoms with Crippen molar-refractivity contribution in [3.8, 4) is 0 Å². The van der Waals surface area contributed by atoms with Crippen LogP contribution in [0.5, 0.6) is 0 Å². The summed E-state index contributed by atoms with van der Waals surface area (Å²) in [4.78, 5) is 26.1. The maximum Gasteiger partial charge on any atom is 0.330 e. The van der Waals surface area contributed by atoms with Crippen molar-refractivity contribution in [1.29, 1.82) is 0 Å². The van der Waals surface area contributed by atoms with Gasteiger partial charge in [0, 0.05) is 19.6 Å².